The molecule has 1 N–H and O–H groups in total. The van der Waals surface area contributed by atoms with Crippen LogP contribution in [0.5, 0.6) is 0 Å². The zero-order valence-corrected chi connectivity index (χ0v) is 12.3. The van der Waals surface area contributed by atoms with Gasteiger partial charge in [0.25, 0.3) is 5.91 Å². The van der Waals surface area contributed by atoms with E-state index >= 15 is 0 Å². The second-order valence-electron chi connectivity index (χ2n) is 6.11. The van der Waals surface area contributed by atoms with E-state index in [9.17, 15) is 4.79 Å². The molecule has 2 heterocycles. The van der Waals surface area contributed by atoms with Crippen LogP contribution in [-0.2, 0) is 13.0 Å². The average Bonchev–Trinajstić information content (AvgIpc) is 2.73. The maximum Gasteiger partial charge on any atom is 0.251 e. The van der Waals surface area contributed by atoms with Gasteiger partial charge in [0.05, 0.1) is 11.0 Å². The summed E-state index contributed by atoms with van der Waals surface area (Å²) in [5.74, 6) is 1.82. The number of imidazole rings is 1. The van der Waals surface area contributed by atoms with Crippen molar-refractivity contribution in [2.24, 2.45) is 5.92 Å². The van der Waals surface area contributed by atoms with Gasteiger partial charge in [-0.05, 0) is 44.4 Å². The highest BCUT2D eigenvalue weighted by Gasteiger charge is 2.19. The number of aryl methyl sites for hydroxylation is 1. The lowest BCUT2D eigenvalue weighted by Crippen LogP contribution is -2.29. The van der Waals surface area contributed by atoms with E-state index in [-0.39, 0.29) is 11.9 Å². The molecule has 0 saturated heterocycles. The van der Waals surface area contributed by atoms with E-state index in [0.29, 0.717) is 11.5 Å². The molecule has 0 radical (unpaired) electrons. The third-order valence-corrected chi connectivity index (χ3v) is 3.89. The second kappa shape index (κ2) is 4.93. The maximum absolute atomic E-state index is 12.0. The molecule has 20 heavy (non-hydrogen) atoms. The Morgan fingerprint density at radius 3 is 3.00 bits per heavy atom. The zero-order chi connectivity index (χ0) is 14.3. The molecule has 0 spiro atoms. The SMILES string of the molecule is CC(C)NC(=O)c1ccc2c(c1)nc1n2CC[C@@H](C)C1. The summed E-state index contributed by atoms with van der Waals surface area (Å²) in [4.78, 5) is 16.8. The van der Waals surface area contributed by atoms with Crippen LogP contribution in [0.2, 0.25) is 0 Å². The minimum Gasteiger partial charge on any atom is -0.350 e. The van der Waals surface area contributed by atoms with Crippen LogP contribution in [0.1, 0.15) is 43.4 Å². The fraction of sp³-hybridized carbons (Fsp3) is 0.500. The van der Waals surface area contributed by atoms with Crippen molar-refractivity contribution >= 4 is 16.9 Å². The van der Waals surface area contributed by atoms with E-state index in [1.54, 1.807) is 0 Å². The molecule has 0 fully saturated rings. The number of aromatic nitrogens is 2. The van der Waals surface area contributed by atoms with Crippen LogP contribution in [-0.4, -0.2) is 21.5 Å². The van der Waals surface area contributed by atoms with Crippen molar-refractivity contribution in [2.75, 3.05) is 0 Å². The first-order chi connectivity index (χ1) is 9.54. The first-order valence-corrected chi connectivity index (χ1v) is 7.34. The molecule has 4 nitrogen and oxygen atoms in total. The van der Waals surface area contributed by atoms with Gasteiger partial charge >= 0.3 is 0 Å². The Labute approximate surface area is 119 Å². The van der Waals surface area contributed by atoms with Crippen LogP contribution < -0.4 is 5.32 Å². The van der Waals surface area contributed by atoms with Gasteiger partial charge in [0.1, 0.15) is 5.82 Å². The second-order valence-corrected chi connectivity index (χ2v) is 6.11. The predicted molar refractivity (Wildman–Crippen MR) is 79.8 cm³/mol. The summed E-state index contributed by atoms with van der Waals surface area (Å²) in [6.07, 6.45) is 2.23. The van der Waals surface area contributed by atoms with Gasteiger partial charge in [0.15, 0.2) is 0 Å². The molecule has 1 aromatic heterocycles. The Bertz CT molecular complexity index is 657. The van der Waals surface area contributed by atoms with Crippen molar-refractivity contribution in [1.29, 1.82) is 0 Å². The summed E-state index contributed by atoms with van der Waals surface area (Å²) >= 11 is 0. The molecule has 0 aliphatic carbocycles. The van der Waals surface area contributed by atoms with Crippen molar-refractivity contribution in [3.8, 4) is 0 Å². The highest BCUT2D eigenvalue weighted by molar-refractivity contribution is 5.97. The highest BCUT2D eigenvalue weighted by atomic mass is 16.1. The molecule has 1 aliphatic heterocycles. The lowest BCUT2D eigenvalue weighted by atomic mass is 10.0. The van der Waals surface area contributed by atoms with E-state index in [1.807, 2.05) is 32.0 Å². The van der Waals surface area contributed by atoms with Crippen LogP contribution in [0.3, 0.4) is 0 Å². The smallest absolute Gasteiger partial charge is 0.251 e. The minimum atomic E-state index is -0.0266. The minimum absolute atomic E-state index is 0.0266. The quantitative estimate of drug-likeness (QED) is 0.913. The average molecular weight is 271 g/mol. The monoisotopic (exact) mass is 271 g/mol. The van der Waals surface area contributed by atoms with Crippen molar-refractivity contribution in [3.05, 3.63) is 29.6 Å². The van der Waals surface area contributed by atoms with Gasteiger partial charge in [0, 0.05) is 24.6 Å². The Hall–Kier alpha value is -1.84. The number of hydrogen-bond acceptors (Lipinski definition) is 2. The van der Waals surface area contributed by atoms with Gasteiger partial charge in [0.2, 0.25) is 0 Å². The molecule has 0 saturated carbocycles. The zero-order valence-electron chi connectivity index (χ0n) is 12.3. The Kier molecular flexibility index (Phi) is 3.24. The predicted octanol–water partition coefficient (Wildman–Crippen LogP) is 2.76. The topological polar surface area (TPSA) is 46.9 Å². The van der Waals surface area contributed by atoms with Gasteiger partial charge in [-0.15, -0.1) is 0 Å². The fourth-order valence-corrected chi connectivity index (χ4v) is 2.83. The van der Waals surface area contributed by atoms with E-state index in [2.05, 4.69) is 16.8 Å². The van der Waals surface area contributed by atoms with E-state index in [1.165, 1.54) is 6.42 Å². The fourth-order valence-electron chi connectivity index (χ4n) is 2.83. The Morgan fingerprint density at radius 2 is 2.25 bits per heavy atom. The summed E-state index contributed by atoms with van der Waals surface area (Å²) in [6.45, 7) is 7.23. The number of carbonyl (C=O) groups is 1. The number of fused-ring (bicyclic) bond motifs is 3. The molecule has 0 unspecified atom stereocenters. The third-order valence-electron chi connectivity index (χ3n) is 3.89. The normalized spacial score (nSPS) is 18.3. The van der Waals surface area contributed by atoms with Crippen LogP contribution >= 0.6 is 0 Å². The number of nitrogens with one attached hydrogen (secondary N) is 1. The van der Waals surface area contributed by atoms with Crippen molar-refractivity contribution in [2.45, 2.75) is 46.2 Å². The van der Waals surface area contributed by atoms with Crippen LogP contribution in [0, 0.1) is 5.92 Å². The first kappa shape index (κ1) is 13.2. The van der Waals surface area contributed by atoms with Gasteiger partial charge in [-0.2, -0.15) is 0 Å². The lowest BCUT2D eigenvalue weighted by Gasteiger charge is -2.20. The number of hydrogen-bond donors (Lipinski definition) is 1. The van der Waals surface area contributed by atoms with E-state index < -0.39 is 0 Å². The summed E-state index contributed by atoms with van der Waals surface area (Å²) in [7, 11) is 0. The number of benzene rings is 1. The molecular weight excluding hydrogens is 250 g/mol. The largest absolute Gasteiger partial charge is 0.350 e. The molecule has 1 amide bonds. The number of nitrogens with zero attached hydrogens (tertiary/aromatic N) is 2. The lowest BCUT2D eigenvalue weighted by molar-refractivity contribution is 0.0943. The summed E-state index contributed by atoms with van der Waals surface area (Å²) in [5, 5.41) is 2.92. The third kappa shape index (κ3) is 2.30. The molecule has 1 aliphatic rings. The van der Waals surface area contributed by atoms with E-state index in [4.69, 9.17) is 4.98 Å². The summed E-state index contributed by atoms with van der Waals surface area (Å²) in [6, 6.07) is 5.97. The first-order valence-electron chi connectivity index (χ1n) is 7.34. The summed E-state index contributed by atoms with van der Waals surface area (Å²) in [5.41, 5.74) is 2.77. The van der Waals surface area contributed by atoms with Crippen LogP contribution in [0.4, 0.5) is 0 Å². The van der Waals surface area contributed by atoms with Crippen molar-refractivity contribution < 1.29 is 4.79 Å². The molecule has 3 rings (SSSR count). The highest BCUT2D eigenvalue weighted by Crippen LogP contribution is 2.25. The molecule has 1 atom stereocenters. The number of rotatable bonds is 2. The number of amides is 1. The molecule has 0 bridgehead atoms. The summed E-state index contributed by atoms with van der Waals surface area (Å²) < 4.78 is 2.29. The number of carbonyl (C=O) groups excluding carboxylic acids is 1. The van der Waals surface area contributed by atoms with Crippen molar-refractivity contribution in [3.63, 3.8) is 0 Å². The van der Waals surface area contributed by atoms with Crippen LogP contribution in [0.25, 0.3) is 11.0 Å². The molecule has 2 aromatic rings. The Morgan fingerprint density at radius 1 is 1.45 bits per heavy atom. The van der Waals surface area contributed by atoms with Gasteiger partial charge in [-0.1, -0.05) is 6.92 Å². The molecule has 1 aromatic carbocycles. The van der Waals surface area contributed by atoms with Gasteiger partial charge in [-0.25, -0.2) is 4.98 Å². The van der Waals surface area contributed by atoms with Gasteiger partial charge < -0.3 is 9.88 Å². The van der Waals surface area contributed by atoms with E-state index in [0.717, 1.165) is 29.8 Å². The molecule has 106 valence electrons. The molecular formula is C16H21N3O. The Balaban J connectivity index is 1.98. The molecule has 4 heteroatoms. The van der Waals surface area contributed by atoms with Gasteiger partial charge in [-0.3, -0.25) is 4.79 Å². The van der Waals surface area contributed by atoms with Crippen LogP contribution in [0.15, 0.2) is 18.2 Å². The standard InChI is InChI=1S/C16H21N3O/c1-10(2)17-16(20)12-4-5-14-13(9-12)18-15-8-11(3)6-7-19(14)15/h4-5,9-11H,6-8H2,1-3H3,(H,17,20)/t11-/m1/s1. The maximum atomic E-state index is 12.0. The van der Waals surface area contributed by atoms with Crippen molar-refractivity contribution in [1.82, 2.24) is 14.9 Å².